The fourth-order valence-corrected chi connectivity index (χ4v) is 2.82. The fourth-order valence-electron chi connectivity index (χ4n) is 2.82. The average molecular weight is 276 g/mol. The number of carboxylic acids is 1. The molecule has 1 aromatic carbocycles. The minimum Gasteiger partial charge on any atom is -0.480 e. The summed E-state index contributed by atoms with van der Waals surface area (Å²) in [5, 5.41) is 12.0. The number of aliphatic carboxylic acids is 1. The molecule has 1 heterocycles. The molecular formula is C15H20N2O3. The lowest BCUT2D eigenvalue weighted by Gasteiger charge is -2.23. The third kappa shape index (κ3) is 2.76. The maximum atomic E-state index is 12.3. The average Bonchev–Trinajstić information content (AvgIpc) is 2.82. The quantitative estimate of drug-likeness (QED) is 0.872. The summed E-state index contributed by atoms with van der Waals surface area (Å²) in [7, 11) is 0. The van der Waals surface area contributed by atoms with Gasteiger partial charge in [0.05, 0.1) is 0 Å². The molecule has 0 spiro atoms. The normalized spacial score (nSPS) is 18.1. The van der Waals surface area contributed by atoms with Crippen molar-refractivity contribution in [1.29, 1.82) is 0 Å². The van der Waals surface area contributed by atoms with Gasteiger partial charge in [-0.1, -0.05) is 17.7 Å². The summed E-state index contributed by atoms with van der Waals surface area (Å²) < 4.78 is 0. The molecule has 1 unspecified atom stereocenters. The third-order valence-electron chi connectivity index (χ3n) is 3.71. The fraction of sp³-hybridized carbons (Fsp3) is 0.467. The predicted molar refractivity (Wildman–Crippen MR) is 77.0 cm³/mol. The maximum Gasteiger partial charge on any atom is 0.326 e. The van der Waals surface area contributed by atoms with Crippen LogP contribution in [0.1, 0.15) is 29.5 Å². The number of likely N-dealkylation sites (tertiary alicyclic amines) is 1. The van der Waals surface area contributed by atoms with E-state index in [0.717, 1.165) is 28.8 Å². The Balaban J connectivity index is 2.18. The molecule has 2 amide bonds. The van der Waals surface area contributed by atoms with Gasteiger partial charge in [0, 0.05) is 12.2 Å². The zero-order valence-corrected chi connectivity index (χ0v) is 12.1. The molecule has 2 rings (SSSR count). The number of benzene rings is 1. The summed E-state index contributed by atoms with van der Waals surface area (Å²) in [6.07, 6.45) is 1.25. The molecule has 1 saturated heterocycles. The highest BCUT2D eigenvalue weighted by atomic mass is 16.4. The van der Waals surface area contributed by atoms with E-state index in [9.17, 15) is 9.59 Å². The number of urea groups is 1. The Hall–Kier alpha value is -2.04. The SMILES string of the molecule is Cc1cc(C)c(NC(=O)N2CCCC2C(=O)O)c(C)c1. The van der Waals surface area contributed by atoms with Crippen molar-refractivity contribution < 1.29 is 14.7 Å². The molecule has 1 aromatic rings. The molecule has 0 saturated carbocycles. The molecule has 0 aromatic heterocycles. The van der Waals surface area contributed by atoms with Crippen molar-refractivity contribution in [3.63, 3.8) is 0 Å². The van der Waals surface area contributed by atoms with Gasteiger partial charge in [0.2, 0.25) is 0 Å². The lowest BCUT2D eigenvalue weighted by atomic mass is 10.1. The molecule has 20 heavy (non-hydrogen) atoms. The third-order valence-corrected chi connectivity index (χ3v) is 3.71. The highest BCUT2D eigenvalue weighted by Crippen LogP contribution is 2.24. The topological polar surface area (TPSA) is 69.6 Å². The summed E-state index contributed by atoms with van der Waals surface area (Å²) in [5.41, 5.74) is 3.89. The smallest absolute Gasteiger partial charge is 0.326 e. The van der Waals surface area contributed by atoms with Crippen LogP contribution in [-0.2, 0) is 4.79 Å². The monoisotopic (exact) mass is 276 g/mol. The van der Waals surface area contributed by atoms with Crippen molar-refractivity contribution in [2.24, 2.45) is 0 Å². The number of nitrogens with one attached hydrogen (secondary N) is 1. The van der Waals surface area contributed by atoms with Crippen LogP contribution in [0.15, 0.2) is 12.1 Å². The van der Waals surface area contributed by atoms with Crippen molar-refractivity contribution in [1.82, 2.24) is 4.90 Å². The Morgan fingerprint density at radius 1 is 1.25 bits per heavy atom. The van der Waals surface area contributed by atoms with Crippen LogP contribution in [0.5, 0.6) is 0 Å². The lowest BCUT2D eigenvalue weighted by molar-refractivity contribution is -0.141. The Labute approximate surface area is 118 Å². The van der Waals surface area contributed by atoms with E-state index >= 15 is 0 Å². The number of hydrogen-bond donors (Lipinski definition) is 2. The second-order valence-electron chi connectivity index (χ2n) is 5.39. The number of carbonyl (C=O) groups excluding carboxylic acids is 1. The van der Waals surface area contributed by atoms with Crippen LogP contribution in [0, 0.1) is 20.8 Å². The summed E-state index contributed by atoms with van der Waals surface area (Å²) >= 11 is 0. The van der Waals surface area contributed by atoms with Gasteiger partial charge in [0.1, 0.15) is 6.04 Å². The van der Waals surface area contributed by atoms with Crippen molar-refractivity contribution >= 4 is 17.7 Å². The van der Waals surface area contributed by atoms with E-state index in [0.29, 0.717) is 13.0 Å². The molecule has 1 fully saturated rings. The molecule has 2 N–H and O–H groups in total. The number of nitrogens with zero attached hydrogens (tertiary/aromatic N) is 1. The molecule has 5 heteroatoms. The van der Waals surface area contributed by atoms with E-state index in [4.69, 9.17) is 5.11 Å². The first-order chi connectivity index (χ1) is 9.40. The zero-order chi connectivity index (χ0) is 14.9. The molecule has 108 valence electrons. The number of carboxylic acid groups (broad SMARTS) is 1. The van der Waals surface area contributed by atoms with Gasteiger partial charge >= 0.3 is 12.0 Å². The largest absolute Gasteiger partial charge is 0.480 e. The number of hydrogen-bond acceptors (Lipinski definition) is 2. The van der Waals surface area contributed by atoms with Gasteiger partial charge in [-0.05, 0) is 44.7 Å². The van der Waals surface area contributed by atoms with E-state index in [1.807, 2.05) is 32.9 Å². The van der Waals surface area contributed by atoms with Crippen LogP contribution >= 0.6 is 0 Å². The molecule has 1 aliphatic heterocycles. The Morgan fingerprint density at radius 3 is 2.40 bits per heavy atom. The number of anilines is 1. The van der Waals surface area contributed by atoms with Crippen molar-refractivity contribution in [3.05, 3.63) is 28.8 Å². The summed E-state index contributed by atoms with van der Waals surface area (Å²) in [6.45, 7) is 6.38. The molecular weight excluding hydrogens is 256 g/mol. The van der Waals surface area contributed by atoms with Gasteiger partial charge < -0.3 is 15.3 Å². The predicted octanol–water partition coefficient (Wildman–Crippen LogP) is 2.69. The highest BCUT2D eigenvalue weighted by molar-refractivity contribution is 5.94. The molecule has 0 radical (unpaired) electrons. The van der Waals surface area contributed by atoms with Crippen molar-refractivity contribution in [2.45, 2.75) is 39.7 Å². The van der Waals surface area contributed by atoms with Gasteiger partial charge in [0.15, 0.2) is 0 Å². The van der Waals surface area contributed by atoms with Crippen LogP contribution in [0.25, 0.3) is 0 Å². The summed E-state index contributed by atoms with van der Waals surface area (Å²) in [6, 6.07) is 2.97. The van der Waals surface area contributed by atoms with Gasteiger partial charge in [0.25, 0.3) is 0 Å². The Morgan fingerprint density at radius 2 is 1.85 bits per heavy atom. The first kappa shape index (κ1) is 14.4. The van der Waals surface area contributed by atoms with Crippen molar-refractivity contribution in [2.75, 3.05) is 11.9 Å². The van der Waals surface area contributed by atoms with Gasteiger partial charge in [-0.3, -0.25) is 0 Å². The van der Waals surface area contributed by atoms with Crippen LogP contribution in [0.4, 0.5) is 10.5 Å². The Kier molecular flexibility index (Phi) is 3.97. The standard InChI is InChI=1S/C15H20N2O3/c1-9-7-10(2)13(11(3)8-9)16-15(20)17-6-4-5-12(17)14(18)19/h7-8,12H,4-6H2,1-3H3,(H,16,20)(H,18,19). The molecule has 1 atom stereocenters. The van der Waals surface area contributed by atoms with Gasteiger partial charge in [-0.2, -0.15) is 0 Å². The van der Waals surface area contributed by atoms with E-state index < -0.39 is 12.0 Å². The van der Waals surface area contributed by atoms with E-state index in [-0.39, 0.29) is 6.03 Å². The lowest BCUT2D eigenvalue weighted by Crippen LogP contribution is -2.43. The first-order valence-electron chi connectivity index (χ1n) is 6.78. The maximum absolute atomic E-state index is 12.3. The van der Waals surface area contributed by atoms with Crippen LogP contribution in [0.3, 0.4) is 0 Å². The minimum atomic E-state index is -0.935. The molecule has 0 aliphatic carbocycles. The van der Waals surface area contributed by atoms with Gasteiger partial charge in [-0.25, -0.2) is 9.59 Å². The number of rotatable bonds is 2. The zero-order valence-electron chi connectivity index (χ0n) is 12.1. The van der Waals surface area contributed by atoms with Crippen LogP contribution in [0.2, 0.25) is 0 Å². The summed E-state index contributed by atoms with van der Waals surface area (Å²) in [4.78, 5) is 24.8. The van der Waals surface area contributed by atoms with E-state index in [1.165, 1.54) is 4.90 Å². The highest BCUT2D eigenvalue weighted by Gasteiger charge is 2.34. The second-order valence-corrected chi connectivity index (χ2v) is 5.39. The second kappa shape index (κ2) is 5.53. The van der Waals surface area contributed by atoms with Crippen LogP contribution < -0.4 is 5.32 Å². The molecule has 1 aliphatic rings. The number of amides is 2. The number of carbonyl (C=O) groups is 2. The van der Waals surface area contributed by atoms with E-state index in [1.54, 1.807) is 0 Å². The van der Waals surface area contributed by atoms with Gasteiger partial charge in [-0.15, -0.1) is 0 Å². The van der Waals surface area contributed by atoms with Crippen molar-refractivity contribution in [3.8, 4) is 0 Å². The summed E-state index contributed by atoms with van der Waals surface area (Å²) in [5.74, 6) is -0.935. The first-order valence-corrected chi connectivity index (χ1v) is 6.78. The van der Waals surface area contributed by atoms with E-state index in [2.05, 4.69) is 5.32 Å². The Bertz CT molecular complexity index is 531. The van der Waals surface area contributed by atoms with Crippen LogP contribution in [-0.4, -0.2) is 34.6 Å². The minimum absolute atomic E-state index is 0.329. The molecule has 0 bridgehead atoms. The molecule has 5 nitrogen and oxygen atoms in total. The number of aryl methyl sites for hydroxylation is 3.